The van der Waals surface area contributed by atoms with Crippen molar-refractivity contribution in [3.8, 4) is 0 Å². The second-order valence-corrected chi connectivity index (χ2v) is 12.6. The fourth-order valence-electron chi connectivity index (χ4n) is 6.86. The summed E-state index contributed by atoms with van der Waals surface area (Å²) in [5, 5.41) is 16.7. The number of anilines is 1. The smallest absolute Gasteiger partial charge is 0.248 e. The van der Waals surface area contributed by atoms with E-state index in [4.69, 9.17) is 0 Å². The number of amides is 3. The molecule has 1 spiro atoms. The van der Waals surface area contributed by atoms with Crippen molar-refractivity contribution in [3.05, 3.63) is 65.2 Å². The second-order valence-electron chi connectivity index (χ2n) is 11.0. The third-order valence-electron chi connectivity index (χ3n) is 8.63. The highest BCUT2D eigenvalue weighted by Gasteiger charge is 2.76. The van der Waals surface area contributed by atoms with E-state index >= 15 is 0 Å². The molecule has 0 radical (unpaired) electrons. The number of aliphatic hydroxyl groups excluding tert-OH is 1. The molecule has 7 nitrogen and oxygen atoms in total. The SMILES string of the molecule is CCCNC(=O)[C@@H]1[C@@H]2CC(C)C3(S2)C(C(=O)Nc2cc(C)ccc2C)N([C@H](CO)c2ccccc2)C(=O)[C@H]13. The third-order valence-corrected chi connectivity index (χ3v) is 10.7. The van der Waals surface area contributed by atoms with Crippen molar-refractivity contribution in [2.24, 2.45) is 17.8 Å². The summed E-state index contributed by atoms with van der Waals surface area (Å²) in [6.45, 7) is 8.26. The van der Waals surface area contributed by atoms with E-state index in [1.165, 1.54) is 0 Å². The molecule has 3 aliphatic rings. The number of rotatable bonds is 8. The lowest BCUT2D eigenvalue weighted by Crippen LogP contribution is -2.55. The van der Waals surface area contributed by atoms with E-state index in [1.807, 2.05) is 69.3 Å². The highest BCUT2D eigenvalue weighted by molar-refractivity contribution is 8.02. The Kier molecular flexibility index (Phi) is 7.31. The molecule has 2 aromatic rings. The van der Waals surface area contributed by atoms with Gasteiger partial charge in [-0.25, -0.2) is 0 Å². The van der Waals surface area contributed by atoms with E-state index < -0.39 is 28.7 Å². The molecule has 3 aliphatic heterocycles. The zero-order chi connectivity index (χ0) is 27.2. The Balaban J connectivity index is 1.61. The summed E-state index contributed by atoms with van der Waals surface area (Å²) in [4.78, 5) is 43.7. The van der Waals surface area contributed by atoms with Crippen molar-refractivity contribution in [3.63, 3.8) is 0 Å². The molecule has 7 atom stereocenters. The number of aliphatic hydroxyl groups is 1. The van der Waals surface area contributed by atoms with Crippen LogP contribution < -0.4 is 10.6 Å². The molecule has 2 bridgehead atoms. The minimum atomic E-state index is -0.828. The highest BCUT2D eigenvalue weighted by atomic mass is 32.2. The van der Waals surface area contributed by atoms with Crippen LogP contribution >= 0.6 is 11.8 Å². The molecule has 3 amide bonds. The number of nitrogens with one attached hydrogen (secondary N) is 2. The molecule has 0 saturated carbocycles. The van der Waals surface area contributed by atoms with E-state index in [0.717, 1.165) is 29.5 Å². The summed E-state index contributed by atoms with van der Waals surface area (Å²) in [7, 11) is 0. The second kappa shape index (κ2) is 10.4. The number of aryl methyl sites for hydroxylation is 2. The molecule has 38 heavy (non-hydrogen) atoms. The molecule has 3 N–H and O–H groups in total. The van der Waals surface area contributed by atoms with E-state index in [1.54, 1.807) is 16.7 Å². The van der Waals surface area contributed by atoms with Gasteiger partial charge in [-0.1, -0.05) is 56.3 Å². The summed E-state index contributed by atoms with van der Waals surface area (Å²) in [5.41, 5.74) is 3.44. The number of benzene rings is 2. The molecular formula is C30H37N3O4S. The van der Waals surface area contributed by atoms with Gasteiger partial charge in [-0.2, -0.15) is 0 Å². The fourth-order valence-corrected chi connectivity index (χ4v) is 9.27. The lowest BCUT2D eigenvalue weighted by Gasteiger charge is -2.40. The highest BCUT2D eigenvalue weighted by Crippen LogP contribution is 2.69. The van der Waals surface area contributed by atoms with Crippen LogP contribution in [0.25, 0.3) is 0 Å². The Morgan fingerprint density at radius 3 is 2.58 bits per heavy atom. The van der Waals surface area contributed by atoms with Crippen LogP contribution in [-0.4, -0.2) is 56.9 Å². The van der Waals surface area contributed by atoms with Gasteiger partial charge < -0.3 is 20.6 Å². The minimum Gasteiger partial charge on any atom is -0.394 e. The Bertz CT molecular complexity index is 1240. The molecule has 3 unspecified atom stereocenters. The molecule has 0 aromatic heterocycles. The molecule has 0 aliphatic carbocycles. The maximum Gasteiger partial charge on any atom is 0.248 e. The van der Waals surface area contributed by atoms with Gasteiger partial charge in [-0.3, -0.25) is 14.4 Å². The number of fused-ring (bicyclic) bond motifs is 1. The number of carbonyl (C=O) groups excluding carboxylic acids is 3. The van der Waals surface area contributed by atoms with Crippen LogP contribution in [0.3, 0.4) is 0 Å². The maximum atomic E-state index is 14.4. The van der Waals surface area contributed by atoms with Crippen LogP contribution in [0.4, 0.5) is 5.69 Å². The van der Waals surface area contributed by atoms with Crippen LogP contribution in [0.15, 0.2) is 48.5 Å². The van der Waals surface area contributed by atoms with Gasteiger partial charge in [-0.15, -0.1) is 11.8 Å². The van der Waals surface area contributed by atoms with Crippen LogP contribution in [0.1, 0.15) is 49.4 Å². The largest absolute Gasteiger partial charge is 0.394 e. The van der Waals surface area contributed by atoms with E-state index in [-0.39, 0.29) is 35.5 Å². The zero-order valence-corrected chi connectivity index (χ0v) is 23.3. The average Bonchev–Trinajstić information content (AvgIpc) is 3.50. The molecular weight excluding hydrogens is 498 g/mol. The number of nitrogens with zero attached hydrogens (tertiary/aromatic N) is 1. The predicted molar refractivity (Wildman–Crippen MR) is 150 cm³/mol. The molecule has 2 aromatic carbocycles. The van der Waals surface area contributed by atoms with Crippen molar-refractivity contribution in [2.75, 3.05) is 18.5 Å². The number of thioether (sulfide) groups is 1. The zero-order valence-electron chi connectivity index (χ0n) is 22.4. The van der Waals surface area contributed by atoms with Gasteiger partial charge in [0.15, 0.2) is 0 Å². The molecule has 3 saturated heterocycles. The molecule has 202 valence electrons. The minimum absolute atomic E-state index is 0.0155. The van der Waals surface area contributed by atoms with Crippen molar-refractivity contribution < 1.29 is 19.5 Å². The first kappa shape index (κ1) is 26.8. The van der Waals surface area contributed by atoms with Crippen LogP contribution in [0.2, 0.25) is 0 Å². The number of hydrogen-bond acceptors (Lipinski definition) is 5. The summed E-state index contributed by atoms with van der Waals surface area (Å²) in [5.74, 6) is -1.65. The lowest BCUT2D eigenvalue weighted by atomic mass is 9.66. The van der Waals surface area contributed by atoms with Gasteiger partial charge in [0.1, 0.15) is 6.04 Å². The number of likely N-dealkylation sites (tertiary alicyclic amines) is 1. The average molecular weight is 536 g/mol. The van der Waals surface area contributed by atoms with Gasteiger partial charge in [0.05, 0.1) is 29.2 Å². The van der Waals surface area contributed by atoms with E-state index in [0.29, 0.717) is 12.2 Å². The van der Waals surface area contributed by atoms with Gasteiger partial charge >= 0.3 is 0 Å². The molecule has 5 rings (SSSR count). The molecule has 8 heteroatoms. The van der Waals surface area contributed by atoms with Gasteiger partial charge in [0.2, 0.25) is 17.7 Å². The summed E-state index contributed by atoms with van der Waals surface area (Å²) >= 11 is 1.65. The third kappa shape index (κ3) is 4.13. The Hall–Kier alpha value is -2.84. The van der Waals surface area contributed by atoms with Crippen LogP contribution in [0.5, 0.6) is 0 Å². The monoisotopic (exact) mass is 535 g/mol. The Morgan fingerprint density at radius 2 is 1.89 bits per heavy atom. The topological polar surface area (TPSA) is 98.7 Å². The normalized spacial score (nSPS) is 30.3. The maximum absolute atomic E-state index is 14.4. The first-order valence-electron chi connectivity index (χ1n) is 13.6. The number of carbonyl (C=O) groups is 3. The molecule has 3 heterocycles. The van der Waals surface area contributed by atoms with Crippen molar-refractivity contribution in [1.29, 1.82) is 0 Å². The van der Waals surface area contributed by atoms with Gasteiger partial charge in [0, 0.05) is 17.5 Å². The van der Waals surface area contributed by atoms with Crippen LogP contribution in [-0.2, 0) is 14.4 Å². The van der Waals surface area contributed by atoms with E-state index in [2.05, 4.69) is 17.6 Å². The van der Waals surface area contributed by atoms with E-state index in [9.17, 15) is 19.5 Å². The lowest BCUT2D eigenvalue weighted by molar-refractivity contribution is -0.142. The van der Waals surface area contributed by atoms with Crippen LogP contribution in [0, 0.1) is 31.6 Å². The Morgan fingerprint density at radius 1 is 1.16 bits per heavy atom. The van der Waals surface area contributed by atoms with Gasteiger partial charge in [0.25, 0.3) is 0 Å². The predicted octanol–water partition coefficient (Wildman–Crippen LogP) is 3.84. The summed E-state index contributed by atoms with van der Waals surface area (Å²) in [6, 6.07) is 13.8. The summed E-state index contributed by atoms with van der Waals surface area (Å²) in [6.07, 6.45) is 1.58. The van der Waals surface area contributed by atoms with Crippen molar-refractivity contribution in [1.82, 2.24) is 10.2 Å². The quantitative estimate of drug-likeness (QED) is 0.477. The summed E-state index contributed by atoms with van der Waals surface area (Å²) < 4.78 is -0.750. The van der Waals surface area contributed by atoms with Crippen molar-refractivity contribution in [2.45, 2.75) is 62.6 Å². The fraction of sp³-hybridized carbons (Fsp3) is 0.500. The van der Waals surface area contributed by atoms with Gasteiger partial charge in [-0.05, 0) is 55.4 Å². The Labute approximate surface area is 228 Å². The standard InChI is InChI=1S/C30H37N3O4S/c1-5-13-31-27(35)24-23-15-19(4)30(38-23)25(24)29(37)33(22(16-34)20-9-7-6-8-10-20)26(30)28(36)32-21-14-17(2)11-12-18(21)3/h6-12,14,19,22-26,34H,5,13,15-16H2,1-4H3,(H,31,35)(H,32,36)/t19?,22-,23+,24-,25+,26?,30?/m1/s1. The first-order chi connectivity index (χ1) is 18.2. The first-order valence-corrected chi connectivity index (χ1v) is 14.4. The molecule has 3 fully saturated rings. The van der Waals surface area contributed by atoms with Crippen molar-refractivity contribution >= 4 is 35.2 Å². The number of hydrogen-bond donors (Lipinski definition) is 3.